The van der Waals surface area contributed by atoms with Crippen LogP contribution in [0.5, 0.6) is 0 Å². The summed E-state index contributed by atoms with van der Waals surface area (Å²) in [4.78, 5) is -0.0782. The van der Waals surface area contributed by atoms with Crippen LogP contribution in [-0.4, -0.2) is 53.3 Å². The molecule has 1 aliphatic heterocycles. The molecule has 1 saturated heterocycles. The first-order chi connectivity index (χ1) is 15.2. The van der Waals surface area contributed by atoms with Crippen molar-refractivity contribution in [1.29, 1.82) is 0 Å². The fraction of sp³-hybridized carbons (Fsp3) is 0.429. The summed E-state index contributed by atoms with van der Waals surface area (Å²) in [6.45, 7) is -0.225. The summed E-state index contributed by atoms with van der Waals surface area (Å²) in [5.41, 5.74) is 0.686. The number of hydrogen-bond donors (Lipinski definition) is 3. The Kier molecular flexibility index (Phi) is 8.37. The van der Waals surface area contributed by atoms with Crippen LogP contribution >= 0.6 is 0 Å². The van der Waals surface area contributed by atoms with E-state index in [2.05, 4.69) is 9.44 Å². The number of halogens is 1. The zero-order valence-electron chi connectivity index (χ0n) is 17.4. The third kappa shape index (κ3) is 7.06. The highest BCUT2D eigenvalue weighted by atomic mass is 32.2. The number of ether oxygens (including phenoxy) is 1. The molecular formula is C21H27FN2O6S2. The molecule has 0 amide bonds. The lowest BCUT2D eigenvalue weighted by Crippen LogP contribution is -2.51. The lowest BCUT2D eigenvalue weighted by Gasteiger charge is -2.36. The number of aliphatic hydroxyl groups excluding tert-OH is 1. The van der Waals surface area contributed by atoms with Crippen molar-refractivity contribution in [2.75, 3.05) is 13.2 Å². The number of rotatable bonds is 10. The molecule has 8 nitrogen and oxygen atoms in total. The van der Waals surface area contributed by atoms with Crippen LogP contribution < -0.4 is 9.44 Å². The number of sulfonamides is 2. The van der Waals surface area contributed by atoms with Gasteiger partial charge in [0.05, 0.1) is 35.5 Å². The smallest absolute Gasteiger partial charge is 0.240 e. The largest absolute Gasteiger partial charge is 0.394 e. The van der Waals surface area contributed by atoms with Gasteiger partial charge in [-0.3, -0.25) is 0 Å². The third-order valence-corrected chi connectivity index (χ3v) is 8.08. The highest BCUT2D eigenvalue weighted by Gasteiger charge is 2.34. The van der Waals surface area contributed by atoms with Crippen LogP contribution in [0.25, 0.3) is 0 Å². The molecule has 176 valence electrons. The average Bonchev–Trinajstić information content (AvgIpc) is 2.75. The van der Waals surface area contributed by atoms with Crippen molar-refractivity contribution >= 4 is 20.0 Å². The Labute approximate surface area is 187 Å². The van der Waals surface area contributed by atoms with Crippen molar-refractivity contribution in [1.82, 2.24) is 9.44 Å². The van der Waals surface area contributed by atoms with Gasteiger partial charge in [-0.15, -0.1) is 0 Å². The lowest BCUT2D eigenvalue weighted by molar-refractivity contribution is -0.0869. The Hall–Kier alpha value is -1.89. The van der Waals surface area contributed by atoms with Crippen molar-refractivity contribution < 1.29 is 31.1 Å². The second-order valence-corrected chi connectivity index (χ2v) is 11.2. The molecule has 2 aromatic carbocycles. The molecule has 0 spiro atoms. The van der Waals surface area contributed by atoms with E-state index in [0.717, 1.165) is 12.1 Å². The van der Waals surface area contributed by atoms with E-state index >= 15 is 0 Å². The first-order valence-electron chi connectivity index (χ1n) is 10.2. The Bertz CT molecular complexity index is 1080. The Morgan fingerprint density at radius 3 is 2.34 bits per heavy atom. The van der Waals surface area contributed by atoms with Crippen LogP contribution in [0.3, 0.4) is 0 Å². The van der Waals surface area contributed by atoms with Gasteiger partial charge in [-0.25, -0.2) is 30.7 Å². The summed E-state index contributed by atoms with van der Waals surface area (Å²) in [7, 11) is -7.40. The molecular weight excluding hydrogens is 459 g/mol. The van der Waals surface area contributed by atoms with Crippen LogP contribution in [-0.2, 0) is 30.5 Å². The molecule has 0 aliphatic carbocycles. The zero-order chi connectivity index (χ0) is 23.2. The van der Waals surface area contributed by atoms with Crippen molar-refractivity contribution in [3.63, 3.8) is 0 Å². The first kappa shape index (κ1) is 24.7. The summed E-state index contributed by atoms with van der Waals surface area (Å²) in [5.74, 6) is -0.660. The van der Waals surface area contributed by atoms with E-state index in [1.807, 2.05) is 6.07 Å². The van der Waals surface area contributed by atoms with E-state index in [9.17, 15) is 26.3 Å². The Morgan fingerprint density at radius 1 is 1.00 bits per heavy atom. The van der Waals surface area contributed by atoms with Crippen LogP contribution in [0.15, 0.2) is 59.5 Å². The molecule has 3 rings (SSSR count). The normalized spacial score (nSPS) is 22.0. The summed E-state index contributed by atoms with van der Waals surface area (Å²) in [6.07, 6.45) is 0.200. The summed E-state index contributed by atoms with van der Waals surface area (Å²) in [5, 5.41) is 9.68. The molecule has 0 saturated carbocycles. The molecule has 0 aromatic heterocycles. The minimum Gasteiger partial charge on any atom is -0.394 e. The van der Waals surface area contributed by atoms with Gasteiger partial charge in [0.2, 0.25) is 20.0 Å². The van der Waals surface area contributed by atoms with E-state index in [0.29, 0.717) is 24.8 Å². The van der Waals surface area contributed by atoms with Crippen LogP contribution in [0.4, 0.5) is 4.39 Å². The van der Waals surface area contributed by atoms with Gasteiger partial charge in [-0.05, 0) is 49.1 Å². The average molecular weight is 487 g/mol. The predicted octanol–water partition coefficient (Wildman–Crippen LogP) is 1.52. The molecule has 3 N–H and O–H groups in total. The van der Waals surface area contributed by atoms with Gasteiger partial charge in [0.1, 0.15) is 5.82 Å². The third-order valence-electron chi connectivity index (χ3n) is 5.21. The second-order valence-electron chi connectivity index (χ2n) is 7.67. The summed E-state index contributed by atoms with van der Waals surface area (Å²) in [6, 6.07) is 12.6. The van der Waals surface area contributed by atoms with E-state index in [1.54, 1.807) is 24.3 Å². The van der Waals surface area contributed by atoms with Crippen molar-refractivity contribution in [3.8, 4) is 0 Å². The van der Waals surface area contributed by atoms with Crippen LogP contribution in [0, 0.1) is 5.82 Å². The minimum atomic E-state index is -3.90. The monoisotopic (exact) mass is 486 g/mol. The van der Waals surface area contributed by atoms with Gasteiger partial charge in [0, 0.05) is 6.54 Å². The van der Waals surface area contributed by atoms with Crippen molar-refractivity contribution in [2.24, 2.45) is 0 Å². The molecule has 1 fully saturated rings. The van der Waals surface area contributed by atoms with Gasteiger partial charge in [0.25, 0.3) is 0 Å². The summed E-state index contributed by atoms with van der Waals surface area (Å²) < 4.78 is 73.5. The maximum Gasteiger partial charge on any atom is 0.240 e. The quantitative estimate of drug-likeness (QED) is 0.468. The van der Waals surface area contributed by atoms with Gasteiger partial charge < -0.3 is 9.84 Å². The van der Waals surface area contributed by atoms with Crippen molar-refractivity contribution in [3.05, 3.63) is 66.0 Å². The minimum absolute atomic E-state index is 0.0782. The molecule has 1 heterocycles. The maximum absolute atomic E-state index is 13.1. The molecule has 11 heteroatoms. The van der Waals surface area contributed by atoms with Gasteiger partial charge in [0.15, 0.2) is 0 Å². The molecule has 2 aromatic rings. The molecule has 0 unspecified atom stereocenters. The van der Waals surface area contributed by atoms with Gasteiger partial charge in [-0.2, -0.15) is 0 Å². The topological polar surface area (TPSA) is 122 Å². The Morgan fingerprint density at radius 2 is 1.69 bits per heavy atom. The number of hydrogen-bond acceptors (Lipinski definition) is 6. The lowest BCUT2D eigenvalue weighted by atomic mass is 9.98. The number of aliphatic hydroxyl groups is 1. The van der Waals surface area contributed by atoms with E-state index in [1.165, 1.54) is 12.1 Å². The highest BCUT2D eigenvalue weighted by Crippen LogP contribution is 2.23. The first-order valence-corrected chi connectivity index (χ1v) is 13.4. The van der Waals surface area contributed by atoms with E-state index in [4.69, 9.17) is 4.74 Å². The second kappa shape index (κ2) is 10.8. The number of benzene rings is 2. The maximum atomic E-state index is 13.1. The standard InChI is InChI=1S/C21H27FN2O6S2/c22-17-6-9-19(10-7-17)32(28,29)24-20-11-8-18(30-21(20)14-25)12-13-23-31(26,27)15-16-4-2-1-3-5-16/h1-7,9-10,18,20-21,23-25H,8,11-15H2/t18-,20-,21-/m1/s1. The zero-order valence-corrected chi connectivity index (χ0v) is 19.0. The van der Waals surface area contributed by atoms with Gasteiger partial charge >= 0.3 is 0 Å². The van der Waals surface area contributed by atoms with Gasteiger partial charge in [-0.1, -0.05) is 30.3 Å². The fourth-order valence-corrected chi connectivity index (χ4v) is 6.04. The van der Waals surface area contributed by atoms with E-state index < -0.39 is 44.6 Å². The predicted molar refractivity (Wildman–Crippen MR) is 117 cm³/mol. The summed E-state index contributed by atoms with van der Waals surface area (Å²) >= 11 is 0. The molecule has 0 radical (unpaired) electrons. The van der Waals surface area contributed by atoms with Crippen LogP contribution in [0.2, 0.25) is 0 Å². The van der Waals surface area contributed by atoms with Crippen LogP contribution in [0.1, 0.15) is 24.8 Å². The molecule has 1 aliphatic rings. The fourth-order valence-electron chi connectivity index (χ4n) is 3.58. The number of nitrogens with one attached hydrogen (secondary N) is 2. The SMILES string of the molecule is O=S(=O)(Cc1ccccc1)NCC[C@H]1CC[C@@H](NS(=O)(=O)c2ccc(F)cc2)[C@@H](CO)O1. The van der Waals surface area contributed by atoms with Crippen molar-refractivity contribution in [2.45, 2.75) is 48.2 Å². The van der Waals surface area contributed by atoms with E-state index in [-0.39, 0.29) is 23.3 Å². The highest BCUT2D eigenvalue weighted by molar-refractivity contribution is 7.89. The molecule has 3 atom stereocenters. The molecule has 32 heavy (non-hydrogen) atoms. The molecule has 0 bridgehead atoms. The Balaban J connectivity index is 1.50.